The van der Waals surface area contributed by atoms with E-state index >= 15 is 0 Å². The van der Waals surface area contributed by atoms with Crippen molar-refractivity contribution in [3.63, 3.8) is 0 Å². The average molecular weight is 276 g/mol. The molecule has 0 radical (unpaired) electrons. The van der Waals surface area contributed by atoms with Crippen molar-refractivity contribution in [1.29, 1.82) is 0 Å². The summed E-state index contributed by atoms with van der Waals surface area (Å²) in [4.78, 5) is 10.9. The molecule has 0 aliphatic heterocycles. The molecule has 0 rings (SSSR count). The molecule has 0 saturated carbocycles. The van der Waals surface area contributed by atoms with Crippen LogP contribution in [0.3, 0.4) is 0 Å². The fourth-order valence-electron chi connectivity index (χ4n) is 1.64. The Morgan fingerprint density at radius 2 is 1.55 bits per heavy atom. The third-order valence-corrected chi connectivity index (χ3v) is 3.16. The first-order valence-corrected chi connectivity index (χ1v) is 7.21. The smallest absolute Gasteiger partial charge is 0.330 e. The molecule has 2 heteroatoms. The first-order valence-electron chi connectivity index (χ1n) is 7.21. The van der Waals surface area contributed by atoms with Gasteiger partial charge in [-0.1, -0.05) is 36.0 Å². The zero-order valence-electron chi connectivity index (χ0n) is 13.4. The van der Waals surface area contributed by atoms with Crippen LogP contribution in [-0.4, -0.2) is 12.6 Å². The highest BCUT2D eigenvalue weighted by Gasteiger charge is 1.96. The largest absolute Gasteiger partial charge is 0.458 e. The molecule has 112 valence electrons. The Morgan fingerprint density at radius 3 is 2.10 bits per heavy atom. The van der Waals surface area contributed by atoms with Crippen molar-refractivity contribution in [1.82, 2.24) is 0 Å². The number of ether oxygens (including phenoxy) is 1. The van der Waals surface area contributed by atoms with Crippen LogP contribution in [0.1, 0.15) is 53.4 Å². The molecule has 0 aromatic heterocycles. The summed E-state index contributed by atoms with van der Waals surface area (Å²) in [6.07, 6.45) is 12.1. The van der Waals surface area contributed by atoms with Crippen molar-refractivity contribution in [2.45, 2.75) is 53.4 Å². The van der Waals surface area contributed by atoms with E-state index in [1.165, 1.54) is 17.2 Å². The van der Waals surface area contributed by atoms with Crippen LogP contribution in [0.2, 0.25) is 0 Å². The highest BCUT2D eigenvalue weighted by molar-refractivity contribution is 5.81. The van der Waals surface area contributed by atoms with Crippen LogP contribution in [0.4, 0.5) is 0 Å². The Bertz CT molecular complexity index is 398. The van der Waals surface area contributed by atoms with Crippen molar-refractivity contribution in [3.05, 3.63) is 47.6 Å². The number of carbonyl (C=O) groups is 1. The van der Waals surface area contributed by atoms with Crippen LogP contribution in [0.15, 0.2) is 47.6 Å². The van der Waals surface area contributed by atoms with Crippen molar-refractivity contribution in [3.8, 4) is 0 Å². The van der Waals surface area contributed by atoms with Gasteiger partial charge in [0.15, 0.2) is 0 Å². The average Bonchev–Trinajstić information content (AvgIpc) is 2.44. The second-order valence-corrected chi connectivity index (χ2v) is 5.13. The second kappa shape index (κ2) is 11.3. The summed E-state index contributed by atoms with van der Waals surface area (Å²) in [7, 11) is 0. The molecule has 0 heterocycles. The van der Waals surface area contributed by atoms with E-state index < -0.39 is 0 Å². The Labute approximate surface area is 123 Å². The SMILES string of the molecule is C=CC(=O)OCC(C)=CCCC(C)=CCCC(C)=CC. The minimum atomic E-state index is -0.367. The summed E-state index contributed by atoms with van der Waals surface area (Å²) in [6.45, 7) is 12.1. The molecule has 0 aromatic rings. The van der Waals surface area contributed by atoms with Gasteiger partial charge in [0.05, 0.1) is 0 Å². The molecule has 0 N–H and O–H groups in total. The first-order chi connectivity index (χ1) is 9.49. The minimum Gasteiger partial charge on any atom is -0.458 e. The van der Waals surface area contributed by atoms with Gasteiger partial charge >= 0.3 is 5.97 Å². The Morgan fingerprint density at radius 1 is 1.00 bits per heavy atom. The van der Waals surface area contributed by atoms with Gasteiger partial charge in [-0.15, -0.1) is 0 Å². The van der Waals surface area contributed by atoms with E-state index in [2.05, 4.69) is 45.6 Å². The lowest BCUT2D eigenvalue weighted by Crippen LogP contribution is -2.02. The van der Waals surface area contributed by atoms with Gasteiger partial charge in [-0.2, -0.15) is 0 Å². The number of esters is 1. The maximum Gasteiger partial charge on any atom is 0.330 e. The standard InChI is InChI=1S/C18H28O2/c1-6-15(3)10-8-11-16(4)12-9-13-17(5)14-20-18(19)7-2/h6-7,11,13H,2,8-10,12,14H2,1,3-5H3. The fraction of sp³-hybridized carbons (Fsp3) is 0.500. The molecule has 0 aromatic carbocycles. The molecular weight excluding hydrogens is 248 g/mol. The molecule has 0 amide bonds. The van der Waals surface area contributed by atoms with Gasteiger partial charge in [0, 0.05) is 6.08 Å². The molecule has 0 spiro atoms. The number of hydrogen-bond donors (Lipinski definition) is 0. The van der Waals surface area contributed by atoms with Crippen LogP contribution >= 0.6 is 0 Å². The fourth-order valence-corrected chi connectivity index (χ4v) is 1.64. The Hall–Kier alpha value is -1.57. The molecule has 0 unspecified atom stereocenters. The third kappa shape index (κ3) is 10.4. The van der Waals surface area contributed by atoms with Crippen molar-refractivity contribution in [2.24, 2.45) is 0 Å². The summed E-state index contributed by atoms with van der Waals surface area (Å²) in [6, 6.07) is 0. The van der Waals surface area contributed by atoms with Gasteiger partial charge in [0.1, 0.15) is 6.61 Å². The van der Waals surface area contributed by atoms with E-state index in [-0.39, 0.29) is 5.97 Å². The molecule has 0 atom stereocenters. The quantitative estimate of drug-likeness (QED) is 0.331. The van der Waals surface area contributed by atoms with Crippen LogP contribution < -0.4 is 0 Å². The molecule has 0 aliphatic carbocycles. The predicted molar refractivity (Wildman–Crippen MR) is 86.6 cm³/mol. The van der Waals surface area contributed by atoms with Gasteiger partial charge in [0.25, 0.3) is 0 Å². The maximum atomic E-state index is 10.9. The molecule has 2 nitrogen and oxygen atoms in total. The number of rotatable bonds is 9. The Balaban J connectivity index is 3.93. The van der Waals surface area contributed by atoms with Crippen molar-refractivity contribution < 1.29 is 9.53 Å². The summed E-state index contributed by atoms with van der Waals surface area (Å²) < 4.78 is 4.97. The molecule has 0 aliphatic rings. The first kappa shape index (κ1) is 18.4. The Kier molecular flexibility index (Phi) is 10.4. The molecular formula is C18H28O2. The van der Waals surface area contributed by atoms with Gasteiger partial charge < -0.3 is 4.74 Å². The lowest BCUT2D eigenvalue weighted by Gasteiger charge is -2.03. The van der Waals surface area contributed by atoms with Crippen molar-refractivity contribution in [2.75, 3.05) is 6.61 Å². The molecule has 0 bridgehead atoms. The monoisotopic (exact) mass is 276 g/mol. The zero-order chi connectivity index (χ0) is 15.4. The minimum absolute atomic E-state index is 0.355. The zero-order valence-corrected chi connectivity index (χ0v) is 13.4. The highest BCUT2D eigenvalue weighted by Crippen LogP contribution is 2.11. The second-order valence-electron chi connectivity index (χ2n) is 5.13. The van der Waals surface area contributed by atoms with E-state index in [0.717, 1.165) is 31.3 Å². The van der Waals surface area contributed by atoms with E-state index in [9.17, 15) is 4.79 Å². The van der Waals surface area contributed by atoms with Gasteiger partial charge in [-0.25, -0.2) is 4.79 Å². The molecule has 20 heavy (non-hydrogen) atoms. The molecule has 0 fully saturated rings. The van der Waals surface area contributed by atoms with Gasteiger partial charge in [-0.05, 0) is 59.0 Å². The van der Waals surface area contributed by atoms with Crippen molar-refractivity contribution >= 4 is 5.97 Å². The van der Waals surface area contributed by atoms with Crippen LogP contribution in [0, 0.1) is 0 Å². The van der Waals surface area contributed by atoms with Crippen LogP contribution in [0.25, 0.3) is 0 Å². The summed E-state index contributed by atoms with van der Waals surface area (Å²) in [5.41, 5.74) is 3.94. The predicted octanol–water partition coefficient (Wildman–Crippen LogP) is 5.13. The number of carbonyl (C=O) groups excluding carboxylic acids is 1. The van der Waals surface area contributed by atoms with Gasteiger partial charge in [-0.3, -0.25) is 0 Å². The van der Waals surface area contributed by atoms with Crippen LogP contribution in [-0.2, 0) is 9.53 Å². The van der Waals surface area contributed by atoms with E-state index in [0.29, 0.717) is 6.61 Å². The lowest BCUT2D eigenvalue weighted by atomic mass is 10.1. The third-order valence-electron chi connectivity index (χ3n) is 3.16. The lowest BCUT2D eigenvalue weighted by molar-refractivity contribution is -0.136. The van der Waals surface area contributed by atoms with Crippen LogP contribution in [0.5, 0.6) is 0 Å². The van der Waals surface area contributed by atoms with Gasteiger partial charge in [0.2, 0.25) is 0 Å². The normalized spacial score (nSPS) is 13.3. The number of allylic oxidation sites excluding steroid dienone is 5. The molecule has 0 saturated heterocycles. The summed E-state index contributed by atoms with van der Waals surface area (Å²) in [5, 5.41) is 0. The van der Waals surface area contributed by atoms with E-state index in [1.807, 2.05) is 6.92 Å². The van der Waals surface area contributed by atoms with E-state index in [1.54, 1.807) is 0 Å². The highest BCUT2D eigenvalue weighted by atomic mass is 16.5. The topological polar surface area (TPSA) is 26.3 Å². The summed E-state index contributed by atoms with van der Waals surface area (Å²) in [5.74, 6) is -0.367. The van der Waals surface area contributed by atoms with E-state index in [4.69, 9.17) is 4.74 Å². The maximum absolute atomic E-state index is 10.9. The number of hydrogen-bond acceptors (Lipinski definition) is 2. The summed E-state index contributed by atoms with van der Waals surface area (Å²) >= 11 is 0.